The molecular weight excluding hydrogens is 258 g/mol. The van der Waals surface area contributed by atoms with Crippen LogP contribution < -0.4 is 0 Å². The first kappa shape index (κ1) is 13.6. The summed E-state index contributed by atoms with van der Waals surface area (Å²) in [6.45, 7) is 2.58. The average molecular weight is 273 g/mol. The molecule has 0 bridgehead atoms. The van der Waals surface area contributed by atoms with Gasteiger partial charge in [-0.2, -0.15) is 0 Å². The molecule has 2 aromatic rings. The number of halogens is 1. The van der Waals surface area contributed by atoms with Crippen molar-refractivity contribution in [1.82, 2.24) is 0 Å². The number of hydrogen-bond donors (Lipinski definition) is 0. The maximum Gasteiger partial charge on any atom is 0.142 e. The van der Waals surface area contributed by atoms with Gasteiger partial charge in [-0.1, -0.05) is 60.1 Å². The number of hydrogen-bond acceptors (Lipinski definition) is 2. The molecule has 1 radical (unpaired) electrons. The number of rotatable bonds is 5. The van der Waals surface area contributed by atoms with Crippen LogP contribution in [0.25, 0.3) is 0 Å². The molecule has 0 spiro atoms. The molecule has 19 heavy (non-hydrogen) atoms. The zero-order valence-corrected chi connectivity index (χ0v) is 11.5. The fourth-order valence-electron chi connectivity index (χ4n) is 1.62. The molecule has 0 amide bonds. The Bertz CT molecular complexity index is 549. The predicted octanol–water partition coefficient (Wildman–Crippen LogP) is 4.33. The van der Waals surface area contributed by atoms with Gasteiger partial charge in [-0.3, -0.25) is 0 Å². The van der Waals surface area contributed by atoms with Crippen molar-refractivity contribution in [2.45, 2.75) is 20.0 Å². The first-order chi connectivity index (χ1) is 9.28. The fraction of sp³-hybridized carbons (Fsp3) is 0.188. The Hall–Kier alpha value is -1.80. The molecule has 2 nitrogen and oxygen atoms in total. The summed E-state index contributed by atoms with van der Waals surface area (Å²) in [5.74, 6) is 0. The lowest BCUT2D eigenvalue weighted by molar-refractivity contribution is 0.132. The highest BCUT2D eigenvalue weighted by atomic mass is 35.5. The van der Waals surface area contributed by atoms with E-state index in [1.54, 1.807) is 6.07 Å². The molecule has 0 fully saturated rings. The van der Waals surface area contributed by atoms with Crippen LogP contribution in [0.2, 0.25) is 5.02 Å². The van der Waals surface area contributed by atoms with Crippen molar-refractivity contribution >= 4 is 17.8 Å². The summed E-state index contributed by atoms with van der Waals surface area (Å²) in [6, 6.07) is 15.6. The number of nitrogens with zero attached hydrogens (tertiary/aromatic N) is 1. The van der Waals surface area contributed by atoms with Gasteiger partial charge in [0.1, 0.15) is 12.8 Å². The fourth-order valence-corrected chi connectivity index (χ4v) is 1.81. The van der Waals surface area contributed by atoms with Crippen molar-refractivity contribution in [3.05, 3.63) is 70.2 Å². The van der Waals surface area contributed by atoms with Crippen LogP contribution in [0.4, 0.5) is 0 Å². The van der Waals surface area contributed by atoms with Crippen molar-refractivity contribution in [1.29, 1.82) is 0 Å². The SMILES string of the molecule is CCc1ccc(CO/N=[C]\c2cccc(Cl)c2)cc1. The van der Waals surface area contributed by atoms with E-state index in [1.165, 1.54) is 5.56 Å². The highest BCUT2D eigenvalue weighted by molar-refractivity contribution is 6.30. The van der Waals surface area contributed by atoms with Gasteiger partial charge in [0.05, 0.1) is 0 Å². The average Bonchev–Trinajstić information content (AvgIpc) is 2.44. The van der Waals surface area contributed by atoms with Gasteiger partial charge in [-0.15, -0.1) is 0 Å². The summed E-state index contributed by atoms with van der Waals surface area (Å²) in [5, 5.41) is 4.47. The Morgan fingerprint density at radius 1 is 1.11 bits per heavy atom. The normalized spacial score (nSPS) is 10.8. The summed E-state index contributed by atoms with van der Waals surface area (Å²) in [7, 11) is 0. The molecular formula is C16H15ClNO. The van der Waals surface area contributed by atoms with Crippen molar-refractivity contribution in [3.63, 3.8) is 0 Å². The van der Waals surface area contributed by atoms with Gasteiger partial charge in [-0.05, 0) is 29.7 Å². The Morgan fingerprint density at radius 3 is 2.53 bits per heavy atom. The van der Waals surface area contributed by atoms with E-state index in [-0.39, 0.29) is 0 Å². The zero-order chi connectivity index (χ0) is 13.5. The second-order valence-electron chi connectivity index (χ2n) is 4.16. The molecule has 3 heteroatoms. The Labute approximate surface area is 118 Å². The molecule has 0 aliphatic rings. The lowest BCUT2D eigenvalue weighted by Gasteiger charge is -2.01. The van der Waals surface area contributed by atoms with E-state index in [0.29, 0.717) is 11.6 Å². The Balaban J connectivity index is 1.85. The monoisotopic (exact) mass is 272 g/mol. The second kappa shape index (κ2) is 6.95. The van der Waals surface area contributed by atoms with E-state index < -0.39 is 0 Å². The molecule has 0 atom stereocenters. The molecule has 0 heterocycles. The lowest BCUT2D eigenvalue weighted by atomic mass is 10.1. The summed E-state index contributed by atoms with van der Waals surface area (Å²) in [5.41, 5.74) is 3.21. The number of benzene rings is 2. The highest BCUT2D eigenvalue weighted by Gasteiger charge is 1.94. The zero-order valence-electron chi connectivity index (χ0n) is 10.8. The van der Waals surface area contributed by atoms with E-state index in [4.69, 9.17) is 16.4 Å². The number of aryl methyl sites for hydroxylation is 1. The maximum atomic E-state index is 5.86. The standard InChI is InChI=1S/C16H15ClNO/c1-2-13-6-8-14(9-7-13)12-19-18-11-15-4-3-5-16(17)10-15/h3-10H,2,12H2,1H3. The molecule has 0 aliphatic carbocycles. The topological polar surface area (TPSA) is 21.6 Å². The largest absolute Gasteiger partial charge is 0.390 e. The Kier molecular flexibility index (Phi) is 4.99. The van der Waals surface area contributed by atoms with Crippen LogP contribution in [0.1, 0.15) is 23.6 Å². The van der Waals surface area contributed by atoms with Gasteiger partial charge in [0.25, 0.3) is 0 Å². The van der Waals surface area contributed by atoms with E-state index in [9.17, 15) is 0 Å². The molecule has 0 unspecified atom stereocenters. The van der Waals surface area contributed by atoms with Gasteiger partial charge in [0, 0.05) is 10.6 Å². The van der Waals surface area contributed by atoms with Gasteiger partial charge in [0.15, 0.2) is 0 Å². The third-order valence-corrected chi connectivity index (χ3v) is 2.96. The molecule has 2 aromatic carbocycles. The Morgan fingerprint density at radius 2 is 1.84 bits per heavy atom. The van der Waals surface area contributed by atoms with Crippen LogP contribution in [0.3, 0.4) is 0 Å². The van der Waals surface area contributed by atoms with Crippen molar-refractivity contribution < 1.29 is 4.84 Å². The van der Waals surface area contributed by atoms with Crippen LogP contribution in [-0.4, -0.2) is 6.21 Å². The maximum absolute atomic E-state index is 5.86. The minimum Gasteiger partial charge on any atom is -0.390 e. The van der Waals surface area contributed by atoms with Gasteiger partial charge < -0.3 is 4.84 Å². The van der Waals surface area contributed by atoms with Crippen LogP contribution >= 0.6 is 11.6 Å². The summed E-state index contributed by atoms with van der Waals surface area (Å²) in [6.07, 6.45) is 3.84. The van der Waals surface area contributed by atoms with Crippen LogP contribution in [0.15, 0.2) is 53.7 Å². The summed E-state index contributed by atoms with van der Waals surface area (Å²) >= 11 is 5.86. The molecule has 97 valence electrons. The summed E-state index contributed by atoms with van der Waals surface area (Å²) in [4.78, 5) is 5.21. The van der Waals surface area contributed by atoms with Crippen LogP contribution in [-0.2, 0) is 17.9 Å². The molecule has 0 N–H and O–H groups in total. The van der Waals surface area contributed by atoms with E-state index in [0.717, 1.165) is 17.5 Å². The van der Waals surface area contributed by atoms with Gasteiger partial charge in [-0.25, -0.2) is 0 Å². The third kappa shape index (κ3) is 4.42. The van der Waals surface area contributed by atoms with Crippen molar-refractivity contribution in [2.75, 3.05) is 0 Å². The van der Waals surface area contributed by atoms with Gasteiger partial charge in [0.2, 0.25) is 0 Å². The molecule has 0 aromatic heterocycles. The molecule has 0 aliphatic heterocycles. The lowest BCUT2D eigenvalue weighted by Crippen LogP contribution is -1.89. The van der Waals surface area contributed by atoms with Crippen molar-refractivity contribution in [3.8, 4) is 0 Å². The minimum atomic E-state index is 0.442. The van der Waals surface area contributed by atoms with Crippen molar-refractivity contribution in [2.24, 2.45) is 5.16 Å². The minimum absolute atomic E-state index is 0.442. The van der Waals surface area contributed by atoms with Crippen LogP contribution in [0.5, 0.6) is 0 Å². The van der Waals surface area contributed by atoms with Gasteiger partial charge >= 0.3 is 0 Å². The van der Waals surface area contributed by atoms with Crippen LogP contribution in [0, 0.1) is 0 Å². The quantitative estimate of drug-likeness (QED) is 0.586. The third-order valence-electron chi connectivity index (χ3n) is 2.73. The molecule has 0 saturated carbocycles. The predicted molar refractivity (Wildman–Crippen MR) is 78.6 cm³/mol. The van der Waals surface area contributed by atoms with E-state index in [1.807, 2.05) is 30.3 Å². The molecule has 0 saturated heterocycles. The smallest absolute Gasteiger partial charge is 0.142 e. The summed E-state index contributed by atoms with van der Waals surface area (Å²) < 4.78 is 0. The highest BCUT2D eigenvalue weighted by Crippen LogP contribution is 2.09. The first-order valence-electron chi connectivity index (χ1n) is 6.19. The first-order valence-corrected chi connectivity index (χ1v) is 6.57. The van der Waals surface area contributed by atoms with E-state index >= 15 is 0 Å². The second-order valence-corrected chi connectivity index (χ2v) is 4.59. The van der Waals surface area contributed by atoms with E-state index in [2.05, 4.69) is 30.4 Å². The molecule has 2 rings (SSSR count).